The summed E-state index contributed by atoms with van der Waals surface area (Å²) in [4.78, 5) is 12.4. The summed E-state index contributed by atoms with van der Waals surface area (Å²) < 4.78 is 38.9. The number of aromatic nitrogens is 2. The van der Waals surface area contributed by atoms with Crippen LogP contribution in [0.5, 0.6) is 0 Å². The van der Waals surface area contributed by atoms with E-state index < -0.39 is 12.7 Å². The molecule has 0 atom stereocenters. The van der Waals surface area contributed by atoms with Gasteiger partial charge in [-0.2, -0.15) is 18.3 Å². The first-order valence-corrected chi connectivity index (χ1v) is 8.06. The van der Waals surface area contributed by atoms with Crippen molar-refractivity contribution < 1.29 is 18.0 Å². The minimum absolute atomic E-state index is 0.313. The van der Waals surface area contributed by atoms with Gasteiger partial charge in [0.15, 0.2) is 0 Å². The van der Waals surface area contributed by atoms with E-state index in [-0.39, 0.29) is 0 Å². The van der Waals surface area contributed by atoms with Gasteiger partial charge < -0.3 is 4.90 Å². The molecule has 1 saturated heterocycles. The molecule has 24 heavy (non-hydrogen) atoms. The molecule has 1 aromatic carbocycles. The fourth-order valence-electron chi connectivity index (χ4n) is 4.33. The Morgan fingerprint density at radius 1 is 1.29 bits per heavy atom. The molecular weight excluding hydrogens is 319 g/mol. The smallest absolute Gasteiger partial charge is 0.344 e. The molecule has 1 aliphatic heterocycles. The third-order valence-electron chi connectivity index (χ3n) is 5.23. The van der Waals surface area contributed by atoms with E-state index in [1.807, 2.05) is 18.2 Å². The summed E-state index contributed by atoms with van der Waals surface area (Å²) in [6, 6.07) is 5.65. The fourth-order valence-corrected chi connectivity index (χ4v) is 4.33. The van der Waals surface area contributed by atoms with Gasteiger partial charge in [-0.25, -0.2) is 0 Å². The predicted molar refractivity (Wildman–Crippen MR) is 82.3 cm³/mol. The zero-order chi connectivity index (χ0) is 16.9. The number of nitrogens with zero attached hydrogens (tertiary/aromatic N) is 3. The zero-order valence-electron chi connectivity index (χ0n) is 13.1. The van der Waals surface area contributed by atoms with E-state index in [0.717, 1.165) is 54.4 Å². The van der Waals surface area contributed by atoms with Gasteiger partial charge >= 0.3 is 6.18 Å². The molecule has 0 radical (unpaired) electrons. The molecule has 2 heterocycles. The number of amides is 1. The molecule has 4 rings (SSSR count). The van der Waals surface area contributed by atoms with Gasteiger partial charge in [-0.3, -0.25) is 9.48 Å². The summed E-state index contributed by atoms with van der Waals surface area (Å²) in [5.74, 6) is 0.551. The van der Waals surface area contributed by atoms with Crippen LogP contribution >= 0.6 is 0 Å². The monoisotopic (exact) mass is 337 g/mol. The van der Waals surface area contributed by atoms with Crippen molar-refractivity contribution in [3.63, 3.8) is 0 Å². The molecule has 2 aromatic rings. The number of carbonyl (C=O) groups excluding carboxylic acids is 1. The second-order valence-electron chi connectivity index (χ2n) is 7.30. The number of halogens is 3. The average molecular weight is 337 g/mol. The van der Waals surface area contributed by atoms with E-state index in [0.29, 0.717) is 16.8 Å². The van der Waals surface area contributed by atoms with Crippen LogP contribution < -0.4 is 0 Å². The first-order chi connectivity index (χ1) is 11.4. The largest absolute Gasteiger partial charge is 0.408 e. The number of benzene rings is 1. The van der Waals surface area contributed by atoms with Crippen LogP contribution in [0.3, 0.4) is 0 Å². The van der Waals surface area contributed by atoms with Crippen molar-refractivity contribution in [2.75, 3.05) is 13.1 Å². The summed E-state index contributed by atoms with van der Waals surface area (Å²) in [7, 11) is 0. The first-order valence-electron chi connectivity index (χ1n) is 8.06. The van der Waals surface area contributed by atoms with Crippen LogP contribution in [0.4, 0.5) is 13.2 Å². The number of hydrogen-bond donors (Lipinski definition) is 0. The van der Waals surface area contributed by atoms with Crippen molar-refractivity contribution >= 4 is 17.3 Å². The van der Waals surface area contributed by atoms with Gasteiger partial charge in [0.05, 0.1) is 11.7 Å². The van der Waals surface area contributed by atoms with Crippen molar-refractivity contribution in [1.82, 2.24) is 14.7 Å². The van der Waals surface area contributed by atoms with Crippen LogP contribution in [0.2, 0.25) is 0 Å². The van der Waals surface area contributed by atoms with Crippen molar-refractivity contribution in [3.05, 3.63) is 30.0 Å². The first kappa shape index (κ1) is 15.5. The van der Waals surface area contributed by atoms with Gasteiger partial charge in [-0.05, 0) is 36.8 Å². The van der Waals surface area contributed by atoms with Gasteiger partial charge in [0.2, 0.25) is 6.41 Å². The highest BCUT2D eigenvalue weighted by atomic mass is 19.4. The molecule has 0 unspecified atom stereocenters. The van der Waals surface area contributed by atoms with Crippen LogP contribution in [-0.2, 0) is 17.8 Å². The molecule has 1 aliphatic carbocycles. The molecular formula is C17H18F3N3O. The van der Waals surface area contributed by atoms with Crippen LogP contribution in [-0.4, -0.2) is 40.4 Å². The highest BCUT2D eigenvalue weighted by molar-refractivity contribution is 5.79. The molecule has 0 bridgehead atoms. The Kier molecular flexibility index (Phi) is 3.37. The van der Waals surface area contributed by atoms with Gasteiger partial charge in [-0.1, -0.05) is 12.1 Å². The van der Waals surface area contributed by atoms with Crippen molar-refractivity contribution in [1.29, 1.82) is 0 Å². The number of hydrogen-bond acceptors (Lipinski definition) is 2. The van der Waals surface area contributed by atoms with E-state index in [1.54, 1.807) is 4.90 Å². The minimum atomic E-state index is -4.27. The number of carbonyl (C=O) groups is 1. The molecule has 1 spiro atoms. The molecule has 7 heteroatoms. The summed E-state index contributed by atoms with van der Waals surface area (Å²) >= 11 is 0. The maximum Gasteiger partial charge on any atom is 0.408 e. The summed E-state index contributed by atoms with van der Waals surface area (Å²) in [6.07, 6.45) is 1.16. The Morgan fingerprint density at radius 2 is 2.04 bits per heavy atom. The maximum atomic E-state index is 12.6. The second-order valence-corrected chi connectivity index (χ2v) is 7.30. The Morgan fingerprint density at radius 3 is 2.71 bits per heavy atom. The van der Waals surface area contributed by atoms with Crippen LogP contribution in [0, 0.1) is 11.3 Å². The van der Waals surface area contributed by atoms with Crippen LogP contribution in [0.25, 0.3) is 10.9 Å². The van der Waals surface area contributed by atoms with Gasteiger partial charge in [-0.15, -0.1) is 0 Å². The highest BCUT2D eigenvalue weighted by Crippen LogP contribution is 2.52. The average Bonchev–Trinajstić information content (AvgIpc) is 2.80. The minimum Gasteiger partial charge on any atom is -0.344 e. The molecule has 4 nitrogen and oxygen atoms in total. The van der Waals surface area contributed by atoms with E-state index >= 15 is 0 Å². The summed E-state index contributed by atoms with van der Waals surface area (Å²) in [5, 5.41) is 4.59. The number of fused-ring (bicyclic) bond motifs is 1. The lowest BCUT2D eigenvalue weighted by molar-refractivity contribution is -0.142. The lowest BCUT2D eigenvalue weighted by atomic mass is 9.56. The normalized spacial score (nSPS) is 20.2. The number of likely N-dealkylation sites (tertiary alicyclic amines) is 1. The highest BCUT2D eigenvalue weighted by Gasteiger charge is 2.51. The van der Waals surface area contributed by atoms with Crippen molar-refractivity contribution in [3.8, 4) is 0 Å². The molecule has 2 fully saturated rings. The Balaban J connectivity index is 1.44. The number of rotatable bonds is 4. The lowest BCUT2D eigenvalue weighted by Crippen LogP contribution is -2.61. The quantitative estimate of drug-likeness (QED) is 0.805. The Labute approximate surface area is 137 Å². The molecule has 0 N–H and O–H groups in total. The summed E-state index contributed by atoms with van der Waals surface area (Å²) in [6.45, 7) is 0.642. The maximum absolute atomic E-state index is 12.6. The second kappa shape index (κ2) is 5.22. The standard InChI is InChI=1S/C17H18F3N3O/c18-17(19,20)10-23-15-4-12(1-2-14(15)7-21-23)3-13-5-16(6-13)8-22(9-16)11-24/h1-2,4,7,11,13H,3,5-6,8-10H2. The van der Waals surface area contributed by atoms with E-state index in [9.17, 15) is 18.0 Å². The van der Waals surface area contributed by atoms with Gasteiger partial charge in [0.1, 0.15) is 6.54 Å². The van der Waals surface area contributed by atoms with Crippen molar-refractivity contribution in [2.24, 2.45) is 11.3 Å². The molecule has 2 aliphatic rings. The van der Waals surface area contributed by atoms with Crippen LogP contribution in [0.1, 0.15) is 18.4 Å². The molecule has 1 amide bonds. The fraction of sp³-hybridized carbons (Fsp3) is 0.529. The van der Waals surface area contributed by atoms with Gasteiger partial charge in [0, 0.05) is 23.9 Å². The zero-order valence-corrected chi connectivity index (χ0v) is 13.1. The van der Waals surface area contributed by atoms with Gasteiger partial charge in [0.25, 0.3) is 0 Å². The Bertz CT molecular complexity index is 769. The van der Waals surface area contributed by atoms with Crippen LogP contribution in [0.15, 0.2) is 24.4 Å². The molecule has 1 aromatic heterocycles. The molecule has 128 valence electrons. The third kappa shape index (κ3) is 2.76. The lowest BCUT2D eigenvalue weighted by Gasteiger charge is -2.58. The summed E-state index contributed by atoms with van der Waals surface area (Å²) in [5.41, 5.74) is 1.90. The predicted octanol–water partition coefficient (Wildman–Crippen LogP) is 3.01. The topological polar surface area (TPSA) is 38.1 Å². The number of alkyl halides is 3. The van der Waals surface area contributed by atoms with E-state index in [4.69, 9.17) is 0 Å². The van der Waals surface area contributed by atoms with E-state index in [2.05, 4.69) is 5.10 Å². The molecule has 1 saturated carbocycles. The Hall–Kier alpha value is -2.05. The van der Waals surface area contributed by atoms with Crippen molar-refractivity contribution in [2.45, 2.75) is 32.0 Å². The third-order valence-corrected chi connectivity index (χ3v) is 5.23. The SMILES string of the molecule is O=CN1CC2(CC(Cc3ccc4cnn(CC(F)(F)F)c4c3)C2)C1. The van der Waals surface area contributed by atoms with E-state index in [1.165, 1.54) is 6.20 Å².